The molecule has 144 valence electrons. The van der Waals surface area contributed by atoms with Gasteiger partial charge in [-0.25, -0.2) is 4.98 Å². The molecular weight excluding hydrogens is 406 g/mol. The number of benzene rings is 2. The molecule has 8 nitrogen and oxygen atoms in total. The van der Waals surface area contributed by atoms with Crippen LogP contribution in [0.4, 0.5) is 11.4 Å². The molecule has 3 rings (SSSR count). The molecule has 0 saturated carbocycles. The molecule has 10 heteroatoms. The first-order valence-corrected chi connectivity index (χ1v) is 9.35. The number of para-hydroxylation sites is 1. The van der Waals surface area contributed by atoms with Gasteiger partial charge < -0.3 is 10.1 Å². The van der Waals surface area contributed by atoms with E-state index in [0.717, 1.165) is 21.3 Å². The average Bonchev–Trinajstić information content (AvgIpc) is 3.09. The lowest BCUT2D eigenvalue weighted by atomic mass is 10.3. The Labute approximate surface area is 168 Å². The number of hydrogen-bond acceptors (Lipinski definition) is 7. The minimum absolute atomic E-state index is 0.0754. The monoisotopic (exact) mass is 419 g/mol. The number of nitro groups is 1. The fourth-order valence-electron chi connectivity index (χ4n) is 2.36. The van der Waals surface area contributed by atoms with Crippen LogP contribution in [-0.4, -0.2) is 28.4 Å². The molecule has 0 bridgehead atoms. The van der Waals surface area contributed by atoms with Gasteiger partial charge in [0.05, 0.1) is 37.3 Å². The van der Waals surface area contributed by atoms with Crippen LogP contribution in [0.25, 0.3) is 10.2 Å². The Morgan fingerprint density at radius 2 is 2.04 bits per heavy atom. The third-order valence-electron chi connectivity index (χ3n) is 3.68. The number of fused-ring (bicyclic) bond motifs is 1. The van der Waals surface area contributed by atoms with Gasteiger partial charge in [0, 0.05) is 18.6 Å². The molecule has 0 saturated heterocycles. The summed E-state index contributed by atoms with van der Waals surface area (Å²) in [7, 11) is 0. The number of halogens is 1. The van der Waals surface area contributed by atoms with Gasteiger partial charge in [-0.05, 0) is 18.2 Å². The Bertz CT molecular complexity index is 1020. The summed E-state index contributed by atoms with van der Waals surface area (Å²) < 4.78 is 5.98. The fourth-order valence-corrected chi connectivity index (χ4v) is 3.49. The summed E-state index contributed by atoms with van der Waals surface area (Å²) in [6, 6.07) is 11.3. The van der Waals surface area contributed by atoms with E-state index in [1.54, 1.807) is 0 Å². The number of carbonyl (C=O) groups is 2. The number of nitro benzene ring substituents is 1. The zero-order valence-electron chi connectivity index (χ0n) is 14.4. The van der Waals surface area contributed by atoms with Crippen molar-refractivity contribution in [3.8, 4) is 0 Å². The third kappa shape index (κ3) is 5.02. The number of anilines is 1. The number of nitrogens with one attached hydrogen (secondary N) is 1. The van der Waals surface area contributed by atoms with Crippen LogP contribution in [0.15, 0.2) is 42.5 Å². The van der Waals surface area contributed by atoms with Gasteiger partial charge in [-0.3, -0.25) is 19.7 Å². The van der Waals surface area contributed by atoms with Crippen LogP contribution < -0.4 is 5.32 Å². The van der Waals surface area contributed by atoms with Gasteiger partial charge in [0.2, 0.25) is 0 Å². The Morgan fingerprint density at radius 3 is 2.79 bits per heavy atom. The fraction of sp³-hybridized carbons (Fsp3) is 0.167. The van der Waals surface area contributed by atoms with Crippen LogP contribution in [-0.2, 0) is 20.7 Å². The van der Waals surface area contributed by atoms with Crippen molar-refractivity contribution in [2.24, 2.45) is 0 Å². The molecule has 1 aromatic heterocycles. The highest BCUT2D eigenvalue weighted by Crippen LogP contribution is 2.26. The van der Waals surface area contributed by atoms with Crippen molar-refractivity contribution in [2.45, 2.75) is 12.8 Å². The Morgan fingerprint density at radius 1 is 1.25 bits per heavy atom. The summed E-state index contributed by atoms with van der Waals surface area (Å²) in [6.07, 6.45) is 0.501. The van der Waals surface area contributed by atoms with Crippen LogP contribution in [0.3, 0.4) is 0 Å². The predicted molar refractivity (Wildman–Crippen MR) is 106 cm³/mol. The van der Waals surface area contributed by atoms with Crippen molar-refractivity contribution in [3.63, 3.8) is 0 Å². The maximum absolute atomic E-state index is 11.9. The minimum atomic E-state index is -0.643. The van der Waals surface area contributed by atoms with E-state index < -0.39 is 23.4 Å². The number of thiazole rings is 1. The lowest BCUT2D eigenvalue weighted by molar-refractivity contribution is -0.384. The van der Waals surface area contributed by atoms with Crippen LogP contribution in [0.5, 0.6) is 0 Å². The number of ether oxygens (including phenoxy) is 1. The topological polar surface area (TPSA) is 111 Å². The second-order valence-corrected chi connectivity index (χ2v) is 7.23. The van der Waals surface area contributed by atoms with Crippen molar-refractivity contribution in [1.82, 2.24) is 4.98 Å². The van der Waals surface area contributed by atoms with Gasteiger partial charge in [0.1, 0.15) is 0 Å². The highest BCUT2D eigenvalue weighted by Gasteiger charge is 2.14. The van der Waals surface area contributed by atoms with Gasteiger partial charge in [-0.2, -0.15) is 0 Å². The molecule has 1 amide bonds. The molecule has 28 heavy (non-hydrogen) atoms. The number of aromatic nitrogens is 1. The van der Waals surface area contributed by atoms with E-state index in [4.69, 9.17) is 16.3 Å². The van der Waals surface area contributed by atoms with E-state index in [1.807, 2.05) is 24.3 Å². The van der Waals surface area contributed by atoms with E-state index >= 15 is 0 Å². The molecule has 0 spiro atoms. The Balaban J connectivity index is 1.48. The minimum Gasteiger partial charge on any atom is -0.456 e. The highest BCUT2D eigenvalue weighted by atomic mass is 35.5. The number of non-ortho nitro benzene ring substituents is 1. The summed E-state index contributed by atoms with van der Waals surface area (Å²) in [5.41, 5.74) is 0.739. The first-order valence-electron chi connectivity index (χ1n) is 8.16. The second kappa shape index (κ2) is 8.77. The van der Waals surface area contributed by atoms with E-state index in [9.17, 15) is 19.7 Å². The molecule has 1 heterocycles. The number of hydrogen-bond donors (Lipinski definition) is 1. The van der Waals surface area contributed by atoms with Gasteiger partial charge in [-0.15, -0.1) is 11.3 Å². The zero-order chi connectivity index (χ0) is 20.1. The normalized spacial score (nSPS) is 10.6. The molecule has 0 radical (unpaired) electrons. The zero-order valence-corrected chi connectivity index (χ0v) is 16.0. The van der Waals surface area contributed by atoms with E-state index in [0.29, 0.717) is 6.42 Å². The summed E-state index contributed by atoms with van der Waals surface area (Å²) in [5.74, 6) is -1.18. The van der Waals surface area contributed by atoms with E-state index in [1.165, 1.54) is 23.5 Å². The maximum Gasteiger partial charge on any atom is 0.306 e. The molecule has 1 N–H and O–H groups in total. The average molecular weight is 420 g/mol. The summed E-state index contributed by atoms with van der Waals surface area (Å²) >= 11 is 7.41. The predicted octanol–water partition coefficient (Wildman–Crippen LogP) is 3.97. The number of esters is 1. The van der Waals surface area contributed by atoms with Gasteiger partial charge in [0.15, 0.2) is 6.61 Å². The van der Waals surface area contributed by atoms with Crippen molar-refractivity contribution < 1.29 is 19.2 Å². The van der Waals surface area contributed by atoms with Crippen molar-refractivity contribution in [2.75, 3.05) is 11.9 Å². The largest absolute Gasteiger partial charge is 0.456 e. The Kier molecular flexibility index (Phi) is 6.17. The summed E-state index contributed by atoms with van der Waals surface area (Å²) in [5, 5.41) is 14.1. The first-order chi connectivity index (χ1) is 13.4. The van der Waals surface area contributed by atoms with Crippen molar-refractivity contribution in [3.05, 3.63) is 62.6 Å². The smallest absolute Gasteiger partial charge is 0.306 e. The number of aryl methyl sites for hydroxylation is 1. The molecular formula is C18H14ClN3O5S. The number of nitrogens with zero attached hydrogens (tertiary/aromatic N) is 2. The molecule has 2 aromatic carbocycles. The Hall–Kier alpha value is -3.04. The van der Waals surface area contributed by atoms with Gasteiger partial charge in [-0.1, -0.05) is 23.7 Å². The first kappa shape index (κ1) is 19.7. The summed E-state index contributed by atoms with van der Waals surface area (Å²) in [4.78, 5) is 38.4. The SMILES string of the molecule is O=C(COC(=O)CCc1nc2ccccc2s1)Nc1cc([N+](=O)[O-])ccc1Cl. The van der Waals surface area contributed by atoms with Crippen LogP contribution in [0.1, 0.15) is 11.4 Å². The van der Waals surface area contributed by atoms with Crippen LogP contribution in [0, 0.1) is 10.1 Å². The highest BCUT2D eigenvalue weighted by molar-refractivity contribution is 7.18. The van der Waals surface area contributed by atoms with Crippen molar-refractivity contribution in [1.29, 1.82) is 0 Å². The standard InChI is InChI=1S/C18H14ClN3O5S/c19-12-6-5-11(22(25)26)9-14(12)20-16(23)10-27-18(24)8-7-17-21-13-3-1-2-4-15(13)28-17/h1-6,9H,7-8,10H2,(H,20,23). The van der Waals surface area contributed by atoms with Crippen molar-refractivity contribution >= 4 is 56.4 Å². The van der Waals surface area contributed by atoms with Gasteiger partial charge >= 0.3 is 5.97 Å². The maximum atomic E-state index is 11.9. The number of carbonyl (C=O) groups excluding carboxylic acids is 2. The molecule has 0 unspecified atom stereocenters. The number of rotatable bonds is 7. The molecule has 0 aliphatic carbocycles. The van der Waals surface area contributed by atoms with Gasteiger partial charge in [0.25, 0.3) is 11.6 Å². The van der Waals surface area contributed by atoms with Crippen LogP contribution >= 0.6 is 22.9 Å². The van der Waals surface area contributed by atoms with E-state index in [-0.39, 0.29) is 22.8 Å². The molecule has 0 fully saturated rings. The summed E-state index contributed by atoms with van der Waals surface area (Å²) in [6.45, 7) is -0.516. The van der Waals surface area contributed by atoms with Crippen LogP contribution in [0.2, 0.25) is 5.02 Å². The lowest BCUT2D eigenvalue weighted by Gasteiger charge is -2.08. The number of amides is 1. The van der Waals surface area contributed by atoms with E-state index in [2.05, 4.69) is 10.3 Å². The molecule has 0 atom stereocenters. The molecule has 3 aromatic rings. The molecule has 0 aliphatic heterocycles. The lowest BCUT2D eigenvalue weighted by Crippen LogP contribution is -2.21. The second-order valence-electron chi connectivity index (χ2n) is 5.71. The quantitative estimate of drug-likeness (QED) is 0.352. The third-order valence-corrected chi connectivity index (χ3v) is 5.11. The molecule has 0 aliphatic rings.